The summed E-state index contributed by atoms with van der Waals surface area (Å²) < 4.78 is 19.2. The molecule has 3 unspecified atom stereocenters. The van der Waals surface area contributed by atoms with E-state index in [-0.39, 0.29) is 23.3 Å². The lowest BCUT2D eigenvalue weighted by molar-refractivity contribution is -0.0792. The van der Waals surface area contributed by atoms with Crippen molar-refractivity contribution in [3.8, 4) is 5.75 Å². The fourth-order valence-corrected chi connectivity index (χ4v) is 2.80. The zero-order chi connectivity index (χ0) is 12.6. The molecule has 1 aliphatic carbocycles. The van der Waals surface area contributed by atoms with Crippen LogP contribution in [0.25, 0.3) is 0 Å². The van der Waals surface area contributed by atoms with Crippen molar-refractivity contribution in [3.05, 3.63) is 29.6 Å². The highest BCUT2D eigenvalue weighted by atomic mass is 19.1. The van der Waals surface area contributed by atoms with Gasteiger partial charge in [-0.25, -0.2) is 4.39 Å². The molecule has 1 aromatic rings. The number of methoxy groups -OCH3 is 1. The molecular weight excluding hydrogens is 219 g/mol. The molecule has 2 nitrogen and oxygen atoms in total. The van der Waals surface area contributed by atoms with Gasteiger partial charge in [0.05, 0.1) is 13.2 Å². The molecule has 2 rings (SSSR count). The van der Waals surface area contributed by atoms with Gasteiger partial charge in [0.15, 0.2) is 0 Å². The Balaban J connectivity index is 2.42. The maximum Gasteiger partial charge on any atom is 0.130 e. The van der Waals surface area contributed by atoms with Crippen LogP contribution in [0.4, 0.5) is 4.39 Å². The van der Waals surface area contributed by atoms with Crippen LogP contribution in [-0.2, 0) is 0 Å². The van der Waals surface area contributed by atoms with Gasteiger partial charge in [-0.15, -0.1) is 0 Å². The van der Waals surface area contributed by atoms with Gasteiger partial charge in [0, 0.05) is 16.9 Å². The average molecular weight is 238 g/mol. The van der Waals surface area contributed by atoms with Gasteiger partial charge in [0.1, 0.15) is 11.6 Å². The van der Waals surface area contributed by atoms with E-state index in [4.69, 9.17) is 4.74 Å². The number of benzene rings is 1. The highest BCUT2D eigenvalue weighted by Crippen LogP contribution is 2.57. The summed E-state index contributed by atoms with van der Waals surface area (Å²) in [5, 5.41) is 9.89. The summed E-state index contributed by atoms with van der Waals surface area (Å²) in [6.07, 6.45) is 1.10. The summed E-state index contributed by atoms with van der Waals surface area (Å²) in [5.41, 5.74) is 0.375. The first-order valence-electron chi connectivity index (χ1n) is 6.05. The van der Waals surface area contributed by atoms with Gasteiger partial charge in [-0.2, -0.15) is 0 Å². The van der Waals surface area contributed by atoms with Gasteiger partial charge in [-0.3, -0.25) is 0 Å². The van der Waals surface area contributed by atoms with Gasteiger partial charge >= 0.3 is 0 Å². The van der Waals surface area contributed by atoms with E-state index in [0.717, 1.165) is 6.42 Å². The quantitative estimate of drug-likeness (QED) is 0.876. The lowest BCUT2D eigenvalue weighted by Gasteiger charge is -2.51. The number of aliphatic hydroxyl groups excluding tert-OH is 1. The van der Waals surface area contributed by atoms with Crippen molar-refractivity contribution in [1.82, 2.24) is 0 Å². The Labute approximate surface area is 101 Å². The van der Waals surface area contributed by atoms with Crippen molar-refractivity contribution in [2.24, 2.45) is 5.41 Å². The lowest BCUT2D eigenvalue weighted by Crippen LogP contribution is -2.49. The van der Waals surface area contributed by atoms with Crippen molar-refractivity contribution in [3.63, 3.8) is 0 Å². The smallest absolute Gasteiger partial charge is 0.130 e. The van der Waals surface area contributed by atoms with Crippen LogP contribution in [0.3, 0.4) is 0 Å². The highest BCUT2D eigenvalue weighted by Gasteiger charge is 2.51. The molecule has 1 N–H and O–H groups in total. The summed E-state index contributed by atoms with van der Waals surface area (Å²) in [5.74, 6) is 0.390. The molecule has 1 aromatic carbocycles. The van der Waals surface area contributed by atoms with E-state index in [9.17, 15) is 9.50 Å². The van der Waals surface area contributed by atoms with E-state index >= 15 is 0 Å². The van der Waals surface area contributed by atoms with E-state index in [1.807, 2.05) is 13.8 Å². The second-order valence-electron chi connectivity index (χ2n) is 5.02. The minimum absolute atomic E-state index is 0.0404. The van der Waals surface area contributed by atoms with Crippen molar-refractivity contribution in [2.75, 3.05) is 7.11 Å². The molecule has 1 saturated carbocycles. The summed E-state index contributed by atoms with van der Waals surface area (Å²) in [4.78, 5) is 0. The van der Waals surface area contributed by atoms with Crippen LogP contribution < -0.4 is 4.74 Å². The van der Waals surface area contributed by atoms with Gasteiger partial charge in [0.2, 0.25) is 0 Å². The Morgan fingerprint density at radius 3 is 2.76 bits per heavy atom. The Hall–Kier alpha value is -1.09. The molecule has 0 amide bonds. The standard InChI is InChI=1S/C14H19FO2/c1-4-14(2)9(8-12(14)16)13-10(15)6-5-7-11(13)17-3/h5-7,9,12,16H,4,8H2,1-3H3. The third-order valence-corrected chi connectivity index (χ3v) is 4.36. The maximum atomic E-state index is 14.0. The lowest BCUT2D eigenvalue weighted by atomic mass is 9.55. The largest absolute Gasteiger partial charge is 0.496 e. The molecule has 3 atom stereocenters. The van der Waals surface area contributed by atoms with Gasteiger partial charge in [-0.05, 0) is 25.0 Å². The Morgan fingerprint density at radius 2 is 2.24 bits per heavy atom. The second-order valence-corrected chi connectivity index (χ2v) is 5.02. The zero-order valence-electron chi connectivity index (χ0n) is 10.5. The fourth-order valence-electron chi connectivity index (χ4n) is 2.80. The molecule has 0 saturated heterocycles. The molecule has 1 fully saturated rings. The van der Waals surface area contributed by atoms with Crippen molar-refractivity contribution >= 4 is 0 Å². The van der Waals surface area contributed by atoms with Crippen molar-refractivity contribution in [1.29, 1.82) is 0 Å². The van der Waals surface area contributed by atoms with Crippen LogP contribution >= 0.6 is 0 Å². The molecule has 94 valence electrons. The van der Waals surface area contributed by atoms with Crippen LogP contribution in [-0.4, -0.2) is 18.3 Å². The third-order valence-electron chi connectivity index (χ3n) is 4.36. The molecule has 0 aliphatic heterocycles. The molecule has 1 aliphatic rings. The van der Waals surface area contributed by atoms with E-state index < -0.39 is 0 Å². The summed E-state index contributed by atoms with van der Waals surface area (Å²) in [6, 6.07) is 4.88. The minimum atomic E-state index is -0.346. The first-order valence-corrected chi connectivity index (χ1v) is 6.05. The number of hydrogen-bond acceptors (Lipinski definition) is 2. The van der Waals surface area contributed by atoms with Crippen LogP contribution in [0.2, 0.25) is 0 Å². The third kappa shape index (κ3) is 1.73. The normalized spacial score (nSPS) is 32.1. The molecule has 0 spiro atoms. The summed E-state index contributed by atoms with van der Waals surface area (Å²) >= 11 is 0. The molecule has 0 heterocycles. The highest BCUT2D eigenvalue weighted by molar-refractivity contribution is 5.41. The Morgan fingerprint density at radius 1 is 1.53 bits per heavy atom. The molecule has 17 heavy (non-hydrogen) atoms. The van der Waals surface area contributed by atoms with E-state index in [0.29, 0.717) is 17.7 Å². The number of halogens is 1. The maximum absolute atomic E-state index is 14.0. The predicted molar refractivity (Wildman–Crippen MR) is 64.7 cm³/mol. The zero-order valence-corrected chi connectivity index (χ0v) is 10.5. The molecular formula is C14H19FO2. The number of ether oxygens (including phenoxy) is 1. The number of rotatable bonds is 3. The van der Waals surface area contributed by atoms with Crippen LogP contribution in [0.1, 0.15) is 38.2 Å². The molecule has 0 aromatic heterocycles. The van der Waals surface area contributed by atoms with Gasteiger partial charge in [-0.1, -0.05) is 19.9 Å². The van der Waals surface area contributed by atoms with E-state index in [2.05, 4.69) is 0 Å². The van der Waals surface area contributed by atoms with Crippen molar-refractivity contribution < 1.29 is 14.2 Å². The topological polar surface area (TPSA) is 29.5 Å². The fraction of sp³-hybridized carbons (Fsp3) is 0.571. The van der Waals surface area contributed by atoms with Crippen LogP contribution in [0.5, 0.6) is 5.75 Å². The SMILES string of the molecule is CCC1(C)C(O)CC1c1c(F)cccc1OC. The monoisotopic (exact) mass is 238 g/mol. The van der Waals surface area contributed by atoms with Crippen LogP contribution in [0, 0.1) is 11.2 Å². The first kappa shape index (κ1) is 12.4. The van der Waals surface area contributed by atoms with Crippen LogP contribution in [0.15, 0.2) is 18.2 Å². The predicted octanol–water partition coefficient (Wildman–Crippen LogP) is 3.10. The van der Waals surface area contributed by atoms with Crippen molar-refractivity contribution in [2.45, 2.75) is 38.7 Å². The van der Waals surface area contributed by atoms with E-state index in [1.165, 1.54) is 6.07 Å². The van der Waals surface area contributed by atoms with Gasteiger partial charge in [0.25, 0.3) is 0 Å². The Kier molecular flexibility index (Phi) is 3.13. The Bertz CT molecular complexity index is 419. The summed E-state index contributed by atoms with van der Waals surface area (Å²) in [6.45, 7) is 4.04. The molecule has 0 bridgehead atoms. The number of hydrogen-bond donors (Lipinski definition) is 1. The number of aliphatic hydroxyl groups is 1. The average Bonchev–Trinajstić information content (AvgIpc) is 2.35. The second kappa shape index (κ2) is 4.30. The molecule has 0 radical (unpaired) electrons. The molecule has 3 heteroatoms. The summed E-state index contributed by atoms with van der Waals surface area (Å²) in [7, 11) is 1.55. The minimum Gasteiger partial charge on any atom is -0.496 e. The first-order chi connectivity index (χ1) is 8.04. The van der Waals surface area contributed by atoms with Gasteiger partial charge < -0.3 is 9.84 Å². The van der Waals surface area contributed by atoms with E-state index in [1.54, 1.807) is 19.2 Å².